The highest BCUT2D eigenvalue weighted by Crippen LogP contribution is 2.29. The fourth-order valence-electron chi connectivity index (χ4n) is 2.41. The third kappa shape index (κ3) is 1.41. The molecule has 1 aromatic heterocycles. The molecule has 3 nitrogen and oxygen atoms in total. The van der Waals surface area contributed by atoms with Crippen LogP contribution in [0.5, 0.6) is 0 Å². The SMILES string of the molecule is C=C(NO)c1ccc2c3ccccc3n(C)c2c1. The Bertz CT molecular complexity index is 756. The summed E-state index contributed by atoms with van der Waals surface area (Å²) < 4.78 is 2.15. The third-order valence-electron chi connectivity index (χ3n) is 3.40. The molecule has 0 amide bonds. The van der Waals surface area contributed by atoms with Crippen LogP contribution in [0.15, 0.2) is 49.0 Å². The predicted octanol–water partition coefficient (Wildman–Crippen LogP) is 3.28. The lowest BCUT2D eigenvalue weighted by Gasteiger charge is -2.04. The summed E-state index contributed by atoms with van der Waals surface area (Å²) in [6.45, 7) is 3.76. The summed E-state index contributed by atoms with van der Waals surface area (Å²) in [6, 6.07) is 14.4. The van der Waals surface area contributed by atoms with Crippen molar-refractivity contribution in [1.29, 1.82) is 0 Å². The van der Waals surface area contributed by atoms with Crippen LogP contribution < -0.4 is 5.48 Å². The van der Waals surface area contributed by atoms with Gasteiger partial charge in [0.05, 0.1) is 5.70 Å². The van der Waals surface area contributed by atoms with E-state index in [1.54, 1.807) is 0 Å². The molecule has 0 spiro atoms. The highest BCUT2D eigenvalue weighted by Gasteiger charge is 2.08. The van der Waals surface area contributed by atoms with Crippen LogP contribution in [0.1, 0.15) is 5.56 Å². The van der Waals surface area contributed by atoms with Crippen LogP contribution in [0.25, 0.3) is 27.5 Å². The molecule has 3 aromatic rings. The molecule has 2 N–H and O–H groups in total. The zero-order valence-corrected chi connectivity index (χ0v) is 10.1. The van der Waals surface area contributed by atoms with Gasteiger partial charge in [-0.2, -0.15) is 0 Å². The molecule has 0 aliphatic heterocycles. The summed E-state index contributed by atoms with van der Waals surface area (Å²) in [5.41, 5.74) is 5.81. The van der Waals surface area contributed by atoms with Crippen molar-refractivity contribution in [2.75, 3.05) is 0 Å². The number of nitrogens with one attached hydrogen (secondary N) is 1. The molecule has 3 heteroatoms. The molecule has 0 radical (unpaired) electrons. The molecule has 0 saturated heterocycles. The number of aromatic nitrogens is 1. The molecular weight excluding hydrogens is 224 g/mol. The Hall–Kier alpha value is -2.26. The van der Waals surface area contributed by atoms with E-state index in [2.05, 4.69) is 34.8 Å². The van der Waals surface area contributed by atoms with Gasteiger partial charge in [0.15, 0.2) is 0 Å². The Balaban J connectivity index is 2.38. The van der Waals surface area contributed by atoms with E-state index in [0.29, 0.717) is 5.70 Å². The molecule has 0 bridgehead atoms. The van der Waals surface area contributed by atoms with Gasteiger partial charge in [0.25, 0.3) is 0 Å². The van der Waals surface area contributed by atoms with Gasteiger partial charge in [-0.15, -0.1) is 0 Å². The number of hydrogen-bond donors (Lipinski definition) is 2. The highest BCUT2D eigenvalue weighted by atomic mass is 16.5. The molecule has 0 aliphatic carbocycles. The van der Waals surface area contributed by atoms with Crippen molar-refractivity contribution < 1.29 is 5.21 Å². The second-order valence-electron chi connectivity index (χ2n) is 4.40. The molecule has 3 rings (SSSR count). The summed E-state index contributed by atoms with van der Waals surface area (Å²) in [6.07, 6.45) is 0. The molecule has 2 aromatic carbocycles. The maximum absolute atomic E-state index is 8.91. The number of hydrogen-bond acceptors (Lipinski definition) is 2. The Kier molecular flexibility index (Phi) is 2.35. The molecule has 0 atom stereocenters. The van der Waals surface area contributed by atoms with Crippen LogP contribution in [0.4, 0.5) is 0 Å². The number of para-hydroxylation sites is 1. The van der Waals surface area contributed by atoms with Gasteiger partial charge in [0.2, 0.25) is 0 Å². The van der Waals surface area contributed by atoms with Gasteiger partial charge in [-0.1, -0.05) is 36.9 Å². The van der Waals surface area contributed by atoms with E-state index in [-0.39, 0.29) is 0 Å². The zero-order valence-electron chi connectivity index (χ0n) is 10.1. The van der Waals surface area contributed by atoms with Crippen LogP contribution in [-0.2, 0) is 7.05 Å². The van der Waals surface area contributed by atoms with Crippen LogP contribution in [0, 0.1) is 0 Å². The van der Waals surface area contributed by atoms with Gasteiger partial charge in [-0.05, 0) is 12.1 Å². The lowest BCUT2D eigenvalue weighted by Crippen LogP contribution is -2.03. The number of nitrogens with zero attached hydrogens (tertiary/aromatic N) is 1. The van der Waals surface area contributed by atoms with Crippen LogP contribution >= 0.6 is 0 Å². The fourth-order valence-corrected chi connectivity index (χ4v) is 2.41. The first-order valence-electron chi connectivity index (χ1n) is 5.79. The Morgan fingerprint density at radius 3 is 2.61 bits per heavy atom. The smallest absolute Gasteiger partial charge is 0.0603 e. The van der Waals surface area contributed by atoms with Gasteiger partial charge in [-0.3, -0.25) is 10.7 Å². The summed E-state index contributed by atoms with van der Waals surface area (Å²) in [7, 11) is 2.05. The van der Waals surface area contributed by atoms with Crippen molar-refractivity contribution in [2.24, 2.45) is 7.05 Å². The van der Waals surface area contributed by atoms with Gasteiger partial charge >= 0.3 is 0 Å². The molecule has 18 heavy (non-hydrogen) atoms. The first kappa shape index (κ1) is 10.9. The van der Waals surface area contributed by atoms with Gasteiger partial charge in [0.1, 0.15) is 0 Å². The Morgan fingerprint density at radius 2 is 1.83 bits per heavy atom. The minimum absolute atomic E-state index is 0.502. The molecular formula is C15H14N2O. The lowest BCUT2D eigenvalue weighted by atomic mass is 10.1. The van der Waals surface area contributed by atoms with Crippen LogP contribution in [0.2, 0.25) is 0 Å². The van der Waals surface area contributed by atoms with Crippen molar-refractivity contribution in [3.63, 3.8) is 0 Å². The van der Waals surface area contributed by atoms with Crippen molar-refractivity contribution in [2.45, 2.75) is 0 Å². The van der Waals surface area contributed by atoms with E-state index in [9.17, 15) is 0 Å². The largest absolute Gasteiger partial charge is 0.344 e. The molecule has 0 saturated carbocycles. The average molecular weight is 238 g/mol. The third-order valence-corrected chi connectivity index (χ3v) is 3.40. The topological polar surface area (TPSA) is 37.2 Å². The van der Waals surface area contributed by atoms with Gasteiger partial charge in [-0.25, -0.2) is 0 Å². The number of fused-ring (bicyclic) bond motifs is 3. The molecule has 90 valence electrons. The number of aryl methyl sites for hydroxylation is 1. The number of rotatable bonds is 2. The van der Waals surface area contributed by atoms with Gasteiger partial charge in [0, 0.05) is 34.4 Å². The first-order valence-corrected chi connectivity index (χ1v) is 5.79. The minimum Gasteiger partial charge on any atom is -0.344 e. The van der Waals surface area contributed by atoms with E-state index >= 15 is 0 Å². The maximum Gasteiger partial charge on any atom is 0.0603 e. The Morgan fingerprint density at radius 1 is 1.11 bits per heavy atom. The molecule has 0 fully saturated rings. The number of hydroxylamine groups is 1. The summed E-state index contributed by atoms with van der Waals surface area (Å²) in [4.78, 5) is 0. The number of benzene rings is 2. The van der Waals surface area contributed by atoms with Crippen LogP contribution in [-0.4, -0.2) is 9.77 Å². The van der Waals surface area contributed by atoms with E-state index < -0.39 is 0 Å². The van der Waals surface area contributed by atoms with Crippen molar-refractivity contribution in [3.8, 4) is 0 Å². The fraction of sp³-hybridized carbons (Fsp3) is 0.0667. The molecule has 1 heterocycles. The first-order chi connectivity index (χ1) is 8.72. The zero-order chi connectivity index (χ0) is 12.7. The Labute approximate surface area is 105 Å². The predicted molar refractivity (Wildman–Crippen MR) is 74.4 cm³/mol. The minimum atomic E-state index is 0.502. The molecule has 0 unspecified atom stereocenters. The second-order valence-corrected chi connectivity index (χ2v) is 4.40. The second kappa shape index (κ2) is 3.89. The molecule has 0 aliphatic rings. The summed E-state index contributed by atoms with van der Waals surface area (Å²) >= 11 is 0. The van der Waals surface area contributed by atoms with Gasteiger partial charge < -0.3 is 4.57 Å². The quantitative estimate of drug-likeness (QED) is 0.672. The van der Waals surface area contributed by atoms with Crippen molar-refractivity contribution in [1.82, 2.24) is 10.0 Å². The maximum atomic E-state index is 8.91. The van der Waals surface area contributed by atoms with Crippen molar-refractivity contribution >= 4 is 27.5 Å². The lowest BCUT2D eigenvalue weighted by molar-refractivity contribution is 0.225. The summed E-state index contributed by atoms with van der Waals surface area (Å²) in [5, 5.41) is 11.4. The normalized spacial score (nSPS) is 11.0. The highest BCUT2D eigenvalue weighted by molar-refractivity contribution is 6.08. The average Bonchev–Trinajstić information content (AvgIpc) is 2.72. The van der Waals surface area contributed by atoms with Crippen LogP contribution in [0.3, 0.4) is 0 Å². The van der Waals surface area contributed by atoms with Crippen molar-refractivity contribution in [3.05, 3.63) is 54.6 Å². The monoisotopic (exact) mass is 238 g/mol. The van der Waals surface area contributed by atoms with E-state index in [1.165, 1.54) is 16.3 Å². The standard InChI is InChI=1S/C15H14N2O/c1-10(16-18)11-7-8-13-12-5-3-4-6-14(12)17(2)15(13)9-11/h3-9,16,18H,1H2,2H3. The van der Waals surface area contributed by atoms with E-state index in [1.807, 2.05) is 31.3 Å². The summed E-state index contributed by atoms with van der Waals surface area (Å²) in [5.74, 6) is 0. The van der Waals surface area contributed by atoms with E-state index in [0.717, 1.165) is 11.1 Å². The van der Waals surface area contributed by atoms with E-state index in [4.69, 9.17) is 5.21 Å².